The number of carbonyl (C=O) groups is 2. The third-order valence-electron chi connectivity index (χ3n) is 3.72. The molecule has 0 saturated carbocycles. The average molecular weight is 403 g/mol. The number of hydrogen-bond donors (Lipinski definition) is 2. The molecular weight excluding hydrogens is 388 g/mol. The Morgan fingerprint density at radius 1 is 1.36 bits per heavy atom. The van der Waals surface area contributed by atoms with Crippen molar-refractivity contribution in [3.8, 4) is 0 Å². The molecule has 0 radical (unpaired) electrons. The molecule has 8 nitrogen and oxygen atoms in total. The highest BCUT2D eigenvalue weighted by molar-refractivity contribution is 7.18. The number of carbonyl (C=O) groups excluding carboxylic acids is 2. The van der Waals surface area contributed by atoms with Gasteiger partial charge in [-0.3, -0.25) is 19.7 Å². The van der Waals surface area contributed by atoms with Gasteiger partial charge >= 0.3 is 5.00 Å². The van der Waals surface area contributed by atoms with Crippen LogP contribution in [0.1, 0.15) is 30.5 Å². The molecule has 3 rings (SSSR count). The topological polar surface area (TPSA) is 119 Å². The number of thiophene rings is 2. The van der Waals surface area contributed by atoms with E-state index in [2.05, 4.69) is 10.2 Å². The minimum Gasteiger partial charge on any atom is -0.365 e. The molecule has 0 aliphatic carbocycles. The molecule has 0 saturated heterocycles. The highest BCUT2D eigenvalue weighted by Crippen LogP contribution is 2.37. The largest absolute Gasteiger partial charge is 0.365 e. The van der Waals surface area contributed by atoms with Crippen LogP contribution in [0.2, 0.25) is 0 Å². The summed E-state index contributed by atoms with van der Waals surface area (Å²) in [6.45, 7) is 1.51. The maximum Gasteiger partial charge on any atom is 0.324 e. The van der Waals surface area contributed by atoms with Gasteiger partial charge in [0.05, 0.1) is 15.4 Å². The van der Waals surface area contributed by atoms with Gasteiger partial charge < -0.3 is 16.0 Å². The van der Waals surface area contributed by atoms with Crippen LogP contribution >= 0.6 is 35.1 Å². The van der Waals surface area contributed by atoms with Gasteiger partial charge in [0.25, 0.3) is 11.8 Å². The summed E-state index contributed by atoms with van der Waals surface area (Å²) in [7, 11) is 1.98. The Balaban J connectivity index is 0.00000225. The van der Waals surface area contributed by atoms with E-state index in [0.717, 1.165) is 28.3 Å². The van der Waals surface area contributed by atoms with Gasteiger partial charge in [-0.1, -0.05) is 11.3 Å². The molecule has 0 unspecified atom stereocenters. The summed E-state index contributed by atoms with van der Waals surface area (Å²) in [5.74, 6) is -1.06. The molecule has 1 aliphatic heterocycles. The van der Waals surface area contributed by atoms with Gasteiger partial charge in [0.2, 0.25) is 0 Å². The molecule has 0 aromatic carbocycles. The first-order valence-corrected chi connectivity index (χ1v) is 8.68. The Morgan fingerprint density at radius 3 is 2.68 bits per heavy atom. The van der Waals surface area contributed by atoms with Crippen molar-refractivity contribution in [2.45, 2.75) is 13.0 Å². The van der Waals surface area contributed by atoms with E-state index in [9.17, 15) is 19.7 Å². The van der Waals surface area contributed by atoms with Crippen LogP contribution in [-0.2, 0) is 13.0 Å². The van der Waals surface area contributed by atoms with Crippen LogP contribution < -0.4 is 11.1 Å². The number of amides is 2. The van der Waals surface area contributed by atoms with Crippen LogP contribution in [0.5, 0.6) is 0 Å². The number of primary amides is 1. The molecule has 25 heavy (non-hydrogen) atoms. The van der Waals surface area contributed by atoms with E-state index in [1.54, 1.807) is 0 Å². The Bertz CT molecular complexity index is 848. The molecule has 3 N–H and O–H groups in total. The van der Waals surface area contributed by atoms with Gasteiger partial charge in [-0.2, -0.15) is 0 Å². The van der Waals surface area contributed by atoms with Crippen LogP contribution in [0.4, 0.5) is 10.0 Å². The first-order chi connectivity index (χ1) is 11.4. The van der Waals surface area contributed by atoms with E-state index in [-0.39, 0.29) is 22.3 Å². The molecule has 1 aliphatic rings. The third-order valence-corrected chi connectivity index (χ3v) is 5.88. The molecular formula is C14H15ClN4O4S2. The van der Waals surface area contributed by atoms with Crippen molar-refractivity contribution < 1.29 is 14.5 Å². The summed E-state index contributed by atoms with van der Waals surface area (Å²) < 4.78 is 0. The van der Waals surface area contributed by atoms with Crippen molar-refractivity contribution in [3.63, 3.8) is 0 Å². The summed E-state index contributed by atoms with van der Waals surface area (Å²) in [5.41, 5.74) is 6.73. The van der Waals surface area contributed by atoms with E-state index in [1.807, 2.05) is 7.05 Å². The van der Waals surface area contributed by atoms with E-state index >= 15 is 0 Å². The number of fused-ring (bicyclic) bond motifs is 1. The Hall–Kier alpha value is -2.01. The maximum atomic E-state index is 12.3. The normalized spacial score (nSPS) is 13.6. The molecule has 2 aromatic rings. The lowest BCUT2D eigenvalue weighted by atomic mass is 10.0. The lowest BCUT2D eigenvalue weighted by Gasteiger charge is -2.22. The van der Waals surface area contributed by atoms with Crippen molar-refractivity contribution in [3.05, 3.63) is 43.1 Å². The summed E-state index contributed by atoms with van der Waals surface area (Å²) >= 11 is 2.11. The zero-order valence-corrected chi connectivity index (χ0v) is 15.6. The Labute approximate surface area is 157 Å². The fraction of sp³-hybridized carbons (Fsp3) is 0.286. The van der Waals surface area contributed by atoms with Crippen molar-refractivity contribution in [2.24, 2.45) is 5.73 Å². The van der Waals surface area contributed by atoms with Crippen molar-refractivity contribution in [2.75, 3.05) is 18.9 Å². The van der Waals surface area contributed by atoms with Crippen LogP contribution in [-0.4, -0.2) is 35.2 Å². The maximum absolute atomic E-state index is 12.3. The minimum atomic E-state index is -0.579. The SMILES string of the molecule is CN1CCc2c(sc(NC(=O)c3ccc([N+](=O)[O-])s3)c2C(N)=O)C1.Cl. The minimum absolute atomic E-state index is 0. The molecule has 3 heterocycles. The highest BCUT2D eigenvalue weighted by Gasteiger charge is 2.27. The van der Waals surface area contributed by atoms with Gasteiger partial charge in [-0.25, -0.2) is 0 Å². The fourth-order valence-corrected chi connectivity index (χ4v) is 4.64. The summed E-state index contributed by atoms with van der Waals surface area (Å²) in [6, 6.07) is 2.67. The molecule has 134 valence electrons. The van der Waals surface area contributed by atoms with Gasteiger partial charge in [0.15, 0.2) is 0 Å². The number of hydrogen-bond acceptors (Lipinski definition) is 7. The first kappa shape index (κ1) is 19.3. The summed E-state index contributed by atoms with van der Waals surface area (Å²) in [6.07, 6.45) is 0.695. The molecule has 11 heteroatoms. The standard InChI is InChI=1S/C14H14N4O4S2.ClH/c1-17-5-4-7-9(6-17)24-14(11(7)12(15)19)16-13(20)8-2-3-10(23-8)18(21)22;/h2-3H,4-6H2,1H3,(H2,15,19)(H,16,20);1H. The van der Waals surface area contributed by atoms with E-state index in [1.165, 1.54) is 23.5 Å². The molecule has 0 bridgehead atoms. The number of likely N-dealkylation sites (N-methyl/N-ethyl adjacent to an activating group) is 1. The smallest absolute Gasteiger partial charge is 0.324 e. The van der Waals surface area contributed by atoms with E-state index < -0.39 is 16.7 Å². The predicted octanol–water partition coefficient (Wildman–Crippen LogP) is 2.48. The van der Waals surface area contributed by atoms with Crippen LogP contribution in [0.15, 0.2) is 12.1 Å². The average Bonchev–Trinajstić information content (AvgIpc) is 3.10. The monoisotopic (exact) mass is 402 g/mol. The number of rotatable bonds is 4. The van der Waals surface area contributed by atoms with E-state index in [0.29, 0.717) is 23.5 Å². The Morgan fingerprint density at radius 2 is 2.08 bits per heavy atom. The summed E-state index contributed by atoms with van der Waals surface area (Å²) in [4.78, 5) is 37.7. The fourth-order valence-electron chi connectivity index (χ4n) is 2.59. The number of halogens is 1. The van der Waals surface area contributed by atoms with Crippen molar-refractivity contribution in [1.82, 2.24) is 4.90 Å². The van der Waals surface area contributed by atoms with Gasteiger partial charge in [0.1, 0.15) is 5.00 Å². The molecule has 2 amide bonds. The van der Waals surface area contributed by atoms with Gasteiger partial charge in [-0.05, 0) is 25.1 Å². The second-order valence-electron chi connectivity index (χ2n) is 5.41. The molecule has 0 atom stereocenters. The lowest BCUT2D eigenvalue weighted by Crippen LogP contribution is -2.27. The second kappa shape index (κ2) is 7.48. The summed E-state index contributed by atoms with van der Waals surface area (Å²) in [5, 5.41) is 13.7. The van der Waals surface area contributed by atoms with Crippen molar-refractivity contribution >= 4 is 56.9 Å². The number of nitrogens with two attached hydrogens (primary N) is 1. The molecule has 0 spiro atoms. The third kappa shape index (κ3) is 3.82. The molecule has 2 aromatic heterocycles. The number of anilines is 1. The second-order valence-corrected chi connectivity index (χ2v) is 7.58. The van der Waals surface area contributed by atoms with E-state index in [4.69, 9.17) is 5.73 Å². The zero-order chi connectivity index (χ0) is 17.4. The first-order valence-electron chi connectivity index (χ1n) is 7.05. The number of nitrogens with zero attached hydrogens (tertiary/aromatic N) is 2. The highest BCUT2D eigenvalue weighted by atomic mass is 35.5. The number of nitrogens with one attached hydrogen (secondary N) is 1. The lowest BCUT2D eigenvalue weighted by molar-refractivity contribution is -0.380. The quantitative estimate of drug-likeness (QED) is 0.601. The predicted molar refractivity (Wildman–Crippen MR) is 99.0 cm³/mol. The van der Waals surface area contributed by atoms with Crippen LogP contribution in [0.3, 0.4) is 0 Å². The Kier molecular flexibility index (Phi) is 5.78. The molecule has 0 fully saturated rings. The van der Waals surface area contributed by atoms with Gasteiger partial charge in [0, 0.05) is 24.0 Å². The van der Waals surface area contributed by atoms with Crippen molar-refractivity contribution in [1.29, 1.82) is 0 Å². The zero-order valence-electron chi connectivity index (χ0n) is 13.1. The number of nitro groups is 1. The van der Waals surface area contributed by atoms with Crippen LogP contribution in [0, 0.1) is 10.1 Å². The van der Waals surface area contributed by atoms with Crippen LogP contribution in [0.25, 0.3) is 0 Å². The van der Waals surface area contributed by atoms with Gasteiger partial charge in [-0.15, -0.1) is 23.7 Å².